The van der Waals surface area contributed by atoms with Crippen LogP contribution in [0, 0.1) is 0 Å². The molecular formula is C21H20BrNO6. The Morgan fingerprint density at radius 1 is 0.966 bits per heavy atom. The third kappa shape index (κ3) is 4.42. The van der Waals surface area contributed by atoms with Crippen LogP contribution in [-0.2, 0) is 16.1 Å². The fourth-order valence-corrected chi connectivity index (χ4v) is 3.38. The van der Waals surface area contributed by atoms with Crippen LogP contribution >= 0.6 is 15.9 Å². The summed E-state index contributed by atoms with van der Waals surface area (Å²) in [4.78, 5) is 37.9. The molecule has 0 aliphatic carbocycles. The van der Waals surface area contributed by atoms with Gasteiger partial charge in [-0.2, -0.15) is 0 Å². The van der Waals surface area contributed by atoms with E-state index in [-0.39, 0.29) is 6.61 Å². The van der Waals surface area contributed by atoms with E-state index in [1.807, 2.05) is 13.8 Å². The van der Waals surface area contributed by atoms with Gasteiger partial charge in [-0.15, -0.1) is 0 Å². The highest BCUT2D eigenvalue weighted by Crippen LogP contribution is 2.34. The molecule has 8 heteroatoms. The van der Waals surface area contributed by atoms with Crippen molar-refractivity contribution in [2.24, 2.45) is 0 Å². The standard InChI is InChI=1S/C21H20BrNO6/c1-3-27-17-9-13(16(22)10-18(17)28-4-2)12-29-19(24)11-23-20(25)14-7-5-6-8-15(14)21(23)26/h5-10H,3-4,11-12H2,1-2H3. The molecule has 2 aromatic carbocycles. The van der Waals surface area contributed by atoms with Gasteiger partial charge in [0.05, 0.1) is 24.3 Å². The van der Waals surface area contributed by atoms with Crippen LogP contribution in [0.5, 0.6) is 11.5 Å². The monoisotopic (exact) mass is 461 g/mol. The van der Waals surface area contributed by atoms with Crippen molar-refractivity contribution in [2.75, 3.05) is 19.8 Å². The van der Waals surface area contributed by atoms with Crippen LogP contribution in [0.2, 0.25) is 0 Å². The molecule has 0 bridgehead atoms. The lowest BCUT2D eigenvalue weighted by atomic mass is 10.1. The van der Waals surface area contributed by atoms with E-state index in [1.165, 1.54) is 0 Å². The number of rotatable bonds is 8. The van der Waals surface area contributed by atoms with Crippen molar-refractivity contribution < 1.29 is 28.6 Å². The number of carbonyl (C=O) groups excluding carboxylic acids is 3. The second-order valence-electron chi connectivity index (χ2n) is 6.16. The first-order valence-corrected chi connectivity index (χ1v) is 9.94. The van der Waals surface area contributed by atoms with Crippen LogP contribution < -0.4 is 9.47 Å². The molecule has 0 saturated heterocycles. The van der Waals surface area contributed by atoms with Crippen molar-refractivity contribution in [3.63, 3.8) is 0 Å². The molecule has 0 saturated carbocycles. The van der Waals surface area contributed by atoms with Gasteiger partial charge in [0.25, 0.3) is 11.8 Å². The SMILES string of the molecule is CCOc1cc(Br)c(COC(=O)CN2C(=O)c3ccccc3C2=O)cc1OCC. The van der Waals surface area contributed by atoms with Crippen molar-refractivity contribution in [1.82, 2.24) is 4.90 Å². The number of fused-ring (bicyclic) bond motifs is 1. The highest BCUT2D eigenvalue weighted by molar-refractivity contribution is 9.10. The summed E-state index contributed by atoms with van der Waals surface area (Å²) in [5.41, 5.74) is 1.26. The maximum atomic E-state index is 12.3. The fourth-order valence-electron chi connectivity index (χ4n) is 2.94. The lowest BCUT2D eigenvalue weighted by molar-refractivity contribution is -0.145. The zero-order valence-corrected chi connectivity index (χ0v) is 17.7. The van der Waals surface area contributed by atoms with E-state index in [9.17, 15) is 14.4 Å². The van der Waals surface area contributed by atoms with Gasteiger partial charge in [0.15, 0.2) is 11.5 Å². The molecule has 29 heavy (non-hydrogen) atoms. The summed E-state index contributed by atoms with van der Waals surface area (Å²) in [6, 6.07) is 9.95. The zero-order chi connectivity index (χ0) is 21.0. The fraction of sp³-hybridized carbons (Fsp3) is 0.286. The Balaban J connectivity index is 1.66. The van der Waals surface area contributed by atoms with Crippen molar-refractivity contribution in [3.8, 4) is 11.5 Å². The molecule has 1 heterocycles. The minimum Gasteiger partial charge on any atom is -0.490 e. The van der Waals surface area contributed by atoms with Crippen molar-refractivity contribution >= 4 is 33.7 Å². The molecule has 0 spiro atoms. The minimum absolute atomic E-state index is 0.0466. The minimum atomic E-state index is -0.682. The van der Waals surface area contributed by atoms with Crippen molar-refractivity contribution in [1.29, 1.82) is 0 Å². The second-order valence-corrected chi connectivity index (χ2v) is 7.01. The number of ether oxygens (including phenoxy) is 3. The third-order valence-electron chi connectivity index (χ3n) is 4.27. The number of hydrogen-bond donors (Lipinski definition) is 0. The Hall–Kier alpha value is -2.87. The Morgan fingerprint density at radius 2 is 1.52 bits per heavy atom. The first kappa shape index (κ1) is 20.9. The Bertz CT molecular complexity index is 923. The Labute approximate surface area is 176 Å². The van der Waals surface area contributed by atoms with E-state index in [4.69, 9.17) is 14.2 Å². The summed E-state index contributed by atoms with van der Waals surface area (Å²) in [6.07, 6.45) is 0. The second kappa shape index (κ2) is 9.09. The number of imide groups is 1. The molecule has 0 fully saturated rings. The topological polar surface area (TPSA) is 82.1 Å². The first-order chi connectivity index (χ1) is 14.0. The predicted octanol–water partition coefficient (Wildman–Crippen LogP) is 3.59. The quantitative estimate of drug-likeness (QED) is 0.441. The van der Waals surface area contributed by atoms with Gasteiger partial charge in [-0.25, -0.2) is 0 Å². The number of esters is 1. The molecule has 3 rings (SSSR count). The maximum absolute atomic E-state index is 12.3. The number of benzene rings is 2. The van der Waals surface area contributed by atoms with E-state index in [2.05, 4.69) is 15.9 Å². The molecule has 0 aromatic heterocycles. The smallest absolute Gasteiger partial charge is 0.326 e. The highest BCUT2D eigenvalue weighted by Gasteiger charge is 2.36. The molecule has 152 valence electrons. The van der Waals surface area contributed by atoms with Gasteiger partial charge in [0.1, 0.15) is 13.2 Å². The van der Waals surface area contributed by atoms with Crippen LogP contribution in [0.3, 0.4) is 0 Å². The van der Waals surface area contributed by atoms with Crippen molar-refractivity contribution in [2.45, 2.75) is 20.5 Å². The van der Waals surface area contributed by atoms with Crippen molar-refractivity contribution in [3.05, 3.63) is 57.6 Å². The van der Waals surface area contributed by atoms with E-state index >= 15 is 0 Å². The molecule has 2 amide bonds. The maximum Gasteiger partial charge on any atom is 0.326 e. The lowest BCUT2D eigenvalue weighted by Gasteiger charge is -2.16. The van der Waals surface area contributed by atoms with E-state index in [0.29, 0.717) is 45.9 Å². The van der Waals surface area contributed by atoms with Gasteiger partial charge in [-0.1, -0.05) is 28.1 Å². The summed E-state index contributed by atoms with van der Waals surface area (Å²) in [6.45, 7) is 4.19. The molecule has 0 radical (unpaired) electrons. The van der Waals surface area contributed by atoms with Crippen LogP contribution in [0.4, 0.5) is 0 Å². The molecule has 0 atom stereocenters. The molecule has 1 aliphatic heterocycles. The van der Waals surface area contributed by atoms with Crippen LogP contribution in [0.15, 0.2) is 40.9 Å². The third-order valence-corrected chi connectivity index (χ3v) is 5.00. The number of halogens is 1. The van der Waals surface area contributed by atoms with Gasteiger partial charge < -0.3 is 14.2 Å². The molecular weight excluding hydrogens is 442 g/mol. The molecule has 2 aromatic rings. The van der Waals surface area contributed by atoms with Crippen LogP contribution in [0.1, 0.15) is 40.1 Å². The average Bonchev–Trinajstić information content (AvgIpc) is 2.94. The van der Waals surface area contributed by atoms with Gasteiger partial charge in [0.2, 0.25) is 0 Å². The van der Waals surface area contributed by atoms with E-state index in [0.717, 1.165) is 4.90 Å². The first-order valence-electron chi connectivity index (χ1n) is 9.15. The predicted molar refractivity (Wildman–Crippen MR) is 108 cm³/mol. The molecule has 1 aliphatic rings. The number of carbonyl (C=O) groups is 3. The molecule has 0 unspecified atom stereocenters. The van der Waals surface area contributed by atoms with Gasteiger partial charge in [-0.05, 0) is 38.1 Å². The van der Waals surface area contributed by atoms with Gasteiger partial charge in [-0.3, -0.25) is 19.3 Å². The number of hydrogen-bond acceptors (Lipinski definition) is 6. The summed E-state index contributed by atoms with van der Waals surface area (Å²) >= 11 is 3.43. The summed E-state index contributed by atoms with van der Waals surface area (Å²) in [5, 5.41) is 0. The van der Waals surface area contributed by atoms with E-state index in [1.54, 1.807) is 36.4 Å². The van der Waals surface area contributed by atoms with Gasteiger partial charge >= 0.3 is 5.97 Å². The Kier molecular flexibility index (Phi) is 6.53. The van der Waals surface area contributed by atoms with Crippen LogP contribution in [0.25, 0.3) is 0 Å². The molecule has 7 nitrogen and oxygen atoms in total. The number of amides is 2. The summed E-state index contributed by atoms with van der Waals surface area (Å²) in [5.74, 6) is -0.545. The normalized spacial score (nSPS) is 12.7. The Morgan fingerprint density at radius 3 is 2.07 bits per heavy atom. The summed E-state index contributed by atoms with van der Waals surface area (Å²) in [7, 11) is 0. The van der Waals surface area contributed by atoms with Crippen LogP contribution in [-0.4, -0.2) is 42.4 Å². The lowest BCUT2D eigenvalue weighted by Crippen LogP contribution is -2.35. The van der Waals surface area contributed by atoms with E-state index < -0.39 is 24.3 Å². The zero-order valence-electron chi connectivity index (χ0n) is 16.1. The summed E-state index contributed by atoms with van der Waals surface area (Å²) < 4.78 is 17.1. The highest BCUT2D eigenvalue weighted by atomic mass is 79.9. The molecule has 0 N–H and O–H groups in total. The number of nitrogens with zero attached hydrogens (tertiary/aromatic N) is 1. The average molecular weight is 462 g/mol. The van der Waals surface area contributed by atoms with Gasteiger partial charge in [0, 0.05) is 10.0 Å². The largest absolute Gasteiger partial charge is 0.490 e.